The molecule has 0 saturated heterocycles. The van der Waals surface area contributed by atoms with Crippen molar-refractivity contribution in [1.82, 2.24) is 0 Å². The molecule has 0 spiro atoms. The van der Waals surface area contributed by atoms with E-state index < -0.39 is 0 Å². The van der Waals surface area contributed by atoms with Crippen LogP contribution in [0.1, 0.15) is 31.1 Å². The van der Waals surface area contributed by atoms with Gasteiger partial charge in [-0.05, 0) is 31.4 Å². The van der Waals surface area contributed by atoms with Crippen LogP contribution in [0.2, 0.25) is 0 Å². The quantitative estimate of drug-likeness (QED) is 0.852. The lowest BCUT2D eigenvalue weighted by Gasteiger charge is -2.04. The summed E-state index contributed by atoms with van der Waals surface area (Å²) < 4.78 is 5.78. The van der Waals surface area contributed by atoms with Crippen molar-refractivity contribution in [3.8, 4) is 0 Å². The highest BCUT2D eigenvalue weighted by Crippen LogP contribution is 2.23. The van der Waals surface area contributed by atoms with Crippen molar-refractivity contribution in [3.63, 3.8) is 0 Å². The third kappa shape index (κ3) is 2.27. The lowest BCUT2D eigenvalue weighted by atomic mass is 10.1. The van der Waals surface area contributed by atoms with Gasteiger partial charge in [0.25, 0.3) is 0 Å². The summed E-state index contributed by atoms with van der Waals surface area (Å²) in [7, 11) is 0. The van der Waals surface area contributed by atoms with E-state index in [1.165, 1.54) is 5.56 Å². The molecule has 1 N–H and O–H groups in total. The van der Waals surface area contributed by atoms with Crippen LogP contribution >= 0.6 is 0 Å². The number of hydrogen-bond acceptors (Lipinski definition) is 2. The minimum atomic E-state index is -0.214. The molecule has 0 saturated carbocycles. The van der Waals surface area contributed by atoms with E-state index >= 15 is 0 Å². The van der Waals surface area contributed by atoms with E-state index in [4.69, 9.17) is 4.42 Å². The van der Waals surface area contributed by atoms with Gasteiger partial charge in [-0.3, -0.25) is 0 Å². The van der Waals surface area contributed by atoms with Gasteiger partial charge in [0.2, 0.25) is 0 Å². The number of rotatable bonds is 4. The Morgan fingerprint density at radius 1 is 1.38 bits per heavy atom. The molecule has 1 heterocycles. The molecular weight excluding hydrogens is 200 g/mol. The van der Waals surface area contributed by atoms with Gasteiger partial charge >= 0.3 is 0 Å². The van der Waals surface area contributed by atoms with Gasteiger partial charge in [0, 0.05) is 11.8 Å². The molecule has 2 rings (SSSR count). The summed E-state index contributed by atoms with van der Waals surface area (Å²) in [4.78, 5) is 0. The van der Waals surface area contributed by atoms with Gasteiger partial charge in [-0.25, -0.2) is 0 Å². The molecule has 1 aromatic carbocycles. The Bertz CT molecular complexity index is 471. The summed E-state index contributed by atoms with van der Waals surface area (Å²) in [6.07, 6.45) is 2.17. The summed E-state index contributed by atoms with van der Waals surface area (Å²) in [5, 5.41) is 10.7. The monoisotopic (exact) mass is 218 g/mol. The Labute approximate surface area is 95.9 Å². The van der Waals surface area contributed by atoms with E-state index in [2.05, 4.69) is 25.1 Å². The highest BCUT2D eigenvalue weighted by atomic mass is 16.3. The van der Waals surface area contributed by atoms with Crippen LogP contribution in [0.4, 0.5) is 0 Å². The van der Waals surface area contributed by atoms with Crippen molar-refractivity contribution >= 4 is 11.0 Å². The van der Waals surface area contributed by atoms with Crippen LogP contribution in [0.5, 0.6) is 0 Å². The molecule has 0 aliphatic carbocycles. The molecule has 1 atom stereocenters. The maximum atomic E-state index is 9.51. The molecule has 1 aromatic heterocycles. The first-order valence-electron chi connectivity index (χ1n) is 5.86. The van der Waals surface area contributed by atoms with Gasteiger partial charge in [-0.2, -0.15) is 0 Å². The van der Waals surface area contributed by atoms with Crippen LogP contribution in [-0.4, -0.2) is 11.2 Å². The molecule has 0 fully saturated rings. The van der Waals surface area contributed by atoms with Crippen molar-refractivity contribution in [2.45, 2.75) is 39.2 Å². The van der Waals surface area contributed by atoms with Gasteiger partial charge in [-0.15, -0.1) is 0 Å². The van der Waals surface area contributed by atoms with Crippen LogP contribution in [0.25, 0.3) is 11.0 Å². The lowest BCUT2D eigenvalue weighted by Crippen LogP contribution is -2.05. The fourth-order valence-electron chi connectivity index (χ4n) is 1.90. The summed E-state index contributed by atoms with van der Waals surface area (Å²) in [5.41, 5.74) is 2.14. The Balaban J connectivity index is 2.17. The number of furan rings is 1. The summed E-state index contributed by atoms with van der Waals surface area (Å²) in [5.74, 6) is 0.969. The molecule has 0 radical (unpaired) electrons. The fourth-order valence-corrected chi connectivity index (χ4v) is 1.90. The second-order valence-electron chi connectivity index (χ2n) is 4.31. The minimum Gasteiger partial charge on any atom is -0.461 e. The highest BCUT2D eigenvalue weighted by Gasteiger charge is 2.07. The first-order valence-corrected chi connectivity index (χ1v) is 5.86. The minimum absolute atomic E-state index is 0.214. The molecule has 0 aliphatic heterocycles. The van der Waals surface area contributed by atoms with Gasteiger partial charge in [-0.1, -0.05) is 25.1 Å². The lowest BCUT2D eigenvalue weighted by molar-refractivity contribution is 0.158. The molecule has 2 heteroatoms. The van der Waals surface area contributed by atoms with Crippen molar-refractivity contribution in [2.75, 3.05) is 0 Å². The molecule has 0 amide bonds. The SMILES string of the molecule is CCC(O)CCc1cc2cccc(C)c2o1. The molecular formula is C14H18O2. The normalized spacial score (nSPS) is 13.2. The zero-order valence-corrected chi connectivity index (χ0v) is 9.86. The number of hydrogen-bond donors (Lipinski definition) is 1. The number of aliphatic hydroxyl groups excluding tert-OH is 1. The Hall–Kier alpha value is -1.28. The Morgan fingerprint density at radius 2 is 2.19 bits per heavy atom. The smallest absolute Gasteiger partial charge is 0.137 e. The number of para-hydroxylation sites is 1. The van der Waals surface area contributed by atoms with Crippen molar-refractivity contribution in [3.05, 3.63) is 35.6 Å². The third-order valence-corrected chi connectivity index (χ3v) is 2.99. The number of benzene rings is 1. The van der Waals surface area contributed by atoms with Crippen LogP contribution < -0.4 is 0 Å². The second kappa shape index (κ2) is 4.71. The average Bonchev–Trinajstić information content (AvgIpc) is 2.70. The number of aliphatic hydroxyl groups is 1. The standard InChI is InChI=1S/C14H18O2/c1-3-12(15)7-8-13-9-11-6-4-5-10(2)14(11)16-13/h4-6,9,12,15H,3,7-8H2,1-2H3. The van der Waals surface area contributed by atoms with E-state index in [9.17, 15) is 5.11 Å². The Kier molecular flexibility index (Phi) is 3.30. The zero-order chi connectivity index (χ0) is 11.5. The molecule has 16 heavy (non-hydrogen) atoms. The average molecular weight is 218 g/mol. The van der Waals surface area contributed by atoms with E-state index in [1.807, 2.05) is 13.0 Å². The molecule has 2 nitrogen and oxygen atoms in total. The van der Waals surface area contributed by atoms with E-state index in [0.29, 0.717) is 0 Å². The predicted octanol–water partition coefficient (Wildman–Crippen LogP) is 3.44. The number of aryl methyl sites for hydroxylation is 2. The largest absolute Gasteiger partial charge is 0.461 e. The van der Waals surface area contributed by atoms with Crippen molar-refractivity contribution in [1.29, 1.82) is 0 Å². The van der Waals surface area contributed by atoms with Crippen LogP contribution in [-0.2, 0) is 6.42 Å². The predicted molar refractivity (Wildman–Crippen MR) is 65.6 cm³/mol. The summed E-state index contributed by atoms with van der Waals surface area (Å²) in [6.45, 7) is 4.05. The van der Waals surface area contributed by atoms with Crippen molar-refractivity contribution in [2.24, 2.45) is 0 Å². The van der Waals surface area contributed by atoms with Gasteiger partial charge < -0.3 is 9.52 Å². The second-order valence-corrected chi connectivity index (χ2v) is 4.31. The van der Waals surface area contributed by atoms with Gasteiger partial charge in [0.1, 0.15) is 11.3 Å². The summed E-state index contributed by atoms with van der Waals surface area (Å²) in [6, 6.07) is 8.23. The van der Waals surface area contributed by atoms with Gasteiger partial charge in [0.05, 0.1) is 6.10 Å². The molecule has 0 bridgehead atoms. The van der Waals surface area contributed by atoms with Crippen LogP contribution in [0, 0.1) is 6.92 Å². The van der Waals surface area contributed by atoms with E-state index in [-0.39, 0.29) is 6.10 Å². The highest BCUT2D eigenvalue weighted by molar-refractivity contribution is 5.80. The third-order valence-electron chi connectivity index (χ3n) is 2.99. The first kappa shape index (κ1) is 11.2. The molecule has 0 aliphatic rings. The maximum Gasteiger partial charge on any atom is 0.137 e. The van der Waals surface area contributed by atoms with E-state index in [0.717, 1.165) is 36.0 Å². The zero-order valence-electron chi connectivity index (χ0n) is 9.86. The van der Waals surface area contributed by atoms with E-state index in [1.54, 1.807) is 0 Å². The maximum absolute atomic E-state index is 9.51. The first-order chi connectivity index (χ1) is 7.70. The van der Waals surface area contributed by atoms with Crippen LogP contribution in [0.15, 0.2) is 28.7 Å². The van der Waals surface area contributed by atoms with Crippen molar-refractivity contribution < 1.29 is 9.52 Å². The molecule has 2 aromatic rings. The Morgan fingerprint density at radius 3 is 2.88 bits per heavy atom. The summed E-state index contributed by atoms with van der Waals surface area (Å²) >= 11 is 0. The van der Waals surface area contributed by atoms with Crippen LogP contribution in [0.3, 0.4) is 0 Å². The fraction of sp³-hybridized carbons (Fsp3) is 0.429. The topological polar surface area (TPSA) is 33.4 Å². The molecule has 86 valence electrons. The van der Waals surface area contributed by atoms with Gasteiger partial charge in [0.15, 0.2) is 0 Å². The molecule has 1 unspecified atom stereocenters. The number of fused-ring (bicyclic) bond motifs is 1.